The first-order valence-corrected chi connectivity index (χ1v) is 7.04. The summed E-state index contributed by atoms with van der Waals surface area (Å²) < 4.78 is 13.5. The highest BCUT2D eigenvalue weighted by atomic mass is 35.5. The van der Waals surface area contributed by atoms with Crippen LogP contribution in [0, 0.1) is 12.7 Å². The fraction of sp³-hybridized carbons (Fsp3) is 0.286. The highest BCUT2D eigenvalue weighted by molar-refractivity contribution is 7.10. The van der Waals surface area contributed by atoms with Gasteiger partial charge in [0, 0.05) is 22.8 Å². The second-order valence-corrected chi connectivity index (χ2v) is 5.77. The van der Waals surface area contributed by atoms with Crippen molar-refractivity contribution in [2.24, 2.45) is 0 Å². The molecule has 96 valence electrons. The van der Waals surface area contributed by atoms with Gasteiger partial charge in [-0.1, -0.05) is 23.7 Å². The van der Waals surface area contributed by atoms with Gasteiger partial charge in [0.05, 0.1) is 5.02 Å². The molecule has 0 saturated heterocycles. The minimum Gasteiger partial charge on any atom is -0.305 e. The SMILES string of the molecule is Cc1ccc(C(C)NCc2cc(Cl)cs2)cc1F. The summed E-state index contributed by atoms with van der Waals surface area (Å²) in [6.07, 6.45) is 0. The third-order valence-corrected chi connectivity index (χ3v) is 4.18. The third-order valence-electron chi connectivity index (χ3n) is 2.90. The molecule has 0 aliphatic carbocycles. The normalized spacial score (nSPS) is 12.7. The second kappa shape index (κ2) is 5.83. The van der Waals surface area contributed by atoms with E-state index in [0.29, 0.717) is 5.56 Å². The summed E-state index contributed by atoms with van der Waals surface area (Å²) in [5.74, 6) is -0.152. The van der Waals surface area contributed by atoms with E-state index in [1.165, 1.54) is 4.88 Å². The van der Waals surface area contributed by atoms with Gasteiger partial charge in [0.1, 0.15) is 5.82 Å². The summed E-state index contributed by atoms with van der Waals surface area (Å²) in [6, 6.07) is 7.42. The Morgan fingerprint density at radius 3 is 2.78 bits per heavy atom. The van der Waals surface area contributed by atoms with Crippen LogP contribution < -0.4 is 5.32 Å². The maximum atomic E-state index is 13.5. The zero-order valence-corrected chi connectivity index (χ0v) is 11.9. The molecule has 1 aromatic carbocycles. The van der Waals surface area contributed by atoms with Crippen molar-refractivity contribution in [2.45, 2.75) is 26.4 Å². The average Bonchev–Trinajstić information content (AvgIpc) is 2.75. The first-order valence-electron chi connectivity index (χ1n) is 5.78. The topological polar surface area (TPSA) is 12.0 Å². The number of hydrogen-bond donors (Lipinski definition) is 1. The van der Waals surface area contributed by atoms with Gasteiger partial charge >= 0.3 is 0 Å². The number of benzene rings is 1. The van der Waals surface area contributed by atoms with Crippen LogP contribution in [0.4, 0.5) is 4.39 Å². The molecule has 1 unspecified atom stereocenters. The van der Waals surface area contributed by atoms with Crippen LogP contribution in [0.3, 0.4) is 0 Å². The zero-order valence-electron chi connectivity index (χ0n) is 10.3. The quantitative estimate of drug-likeness (QED) is 0.858. The van der Waals surface area contributed by atoms with Gasteiger partial charge in [-0.05, 0) is 37.1 Å². The lowest BCUT2D eigenvalue weighted by Gasteiger charge is -2.14. The van der Waals surface area contributed by atoms with Crippen LogP contribution >= 0.6 is 22.9 Å². The molecule has 0 aliphatic rings. The fourth-order valence-corrected chi connectivity index (χ4v) is 2.72. The van der Waals surface area contributed by atoms with E-state index in [4.69, 9.17) is 11.6 Å². The van der Waals surface area contributed by atoms with Crippen LogP contribution in [0.5, 0.6) is 0 Å². The molecule has 0 bridgehead atoms. The van der Waals surface area contributed by atoms with Gasteiger partial charge in [0.2, 0.25) is 0 Å². The minimum atomic E-state index is -0.152. The number of nitrogens with one attached hydrogen (secondary N) is 1. The van der Waals surface area contributed by atoms with E-state index in [-0.39, 0.29) is 11.9 Å². The molecule has 1 aromatic heterocycles. The third kappa shape index (κ3) is 3.31. The number of rotatable bonds is 4. The van der Waals surface area contributed by atoms with E-state index in [1.807, 2.05) is 30.5 Å². The summed E-state index contributed by atoms with van der Waals surface area (Å²) in [4.78, 5) is 1.18. The molecule has 1 nitrogen and oxygen atoms in total. The maximum Gasteiger partial charge on any atom is 0.126 e. The Hall–Kier alpha value is -0.900. The summed E-state index contributed by atoms with van der Waals surface area (Å²) in [7, 11) is 0. The van der Waals surface area contributed by atoms with Crippen LogP contribution in [0.15, 0.2) is 29.6 Å². The summed E-state index contributed by atoms with van der Waals surface area (Å²) in [5, 5.41) is 6.04. The second-order valence-electron chi connectivity index (χ2n) is 4.34. The number of halogens is 2. The zero-order chi connectivity index (χ0) is 13.1. The van der Waals surface area contributed by atoms with Gasteiger partial charge < -0.3 is 5.32 Å². The van der Waals surface area contributed by atoms with Crippen molar-refractivity contribution in [2.75, 3.05) is 0 Å². The van der Waals surface area contributed by atoms with Crippen LogP contribution in [0.1, 0.15) is 29.0 Å². The molecule has 2 rings (SSSR count). The lowest BCUT2D eigenvalue weighted by molar-refractivity contribution is 0.566. The van der Waals surface area contributed by atoms with E-state index >= 15 is 0 Å². The smallest absolute Gasteiger partial charge is 0.126 e. The Morgan fingerprint density at radius 1 is 1.39 bits per heavy atom. The van der Waals surface area contributed by atoms with Crippen LogP contribution in [0.25, 0.3) is 0 Å². The van der Waals surface area contributed by atoms with Crippen molar-refractivity contribution >= 4 is 22.9 Å². The lowest BCUT2D eigenvalue weighted by atomic mass is 10.1. The average molecular weight is 284 g/mol. The van der Waals surface area contributed by atoms with Crippen molar-refractivity contribution in [3.8, 4) is 0 Å². The van der Waals surface area contributed by atoms with Gasteiger partial charge in [-0.3, -0.25) is 0 Å². The van der Waals surface area contributed by atoms with Crippen LogP contribution in [-0.4, -0.2) is 0 Å². The molecule has 1 N–H and O–H groups in total. The monoisotopic (exact) mass is 283 g/mol. The van der Waals surface area contributed by atoms with Gasteiger partial charge in [0.15, 0.2) is 0 Å². The summed E-state index contributed by atoms with van der Waals surface area (Å²) >= 11 is 7.49. The molecular weight excluding hydrogens is 269 g/mol. The summed E-state index contributed by atoms with van der Waals surface area (Å²) in [5.41, 5.74) is 1.64. The van der Waals surface area contributed by atoms with E-state index in [2.05, 4.69) is 5.32 Å². The molecule has 4 heteroatoms. The van der Waals surface area contributed by atoms with Crippen molar-refractivity contribution in [3.63, 3.8) is 0 Å². The fourth-order valence-electron chi connectivity index (χ4n) is 1.70. The Kier molecular flexibility index (Phi) is 4.38. The van der Waals surface area contributed by atoms with Crippen molar-refractivity contribution in [1.82, 2.24) is 5.32 Å². The highest BCUT2D eigenvalue weighted by Crippen LogP contribution is 2.21. The van der Waals surface area contributed by atoms with Crippen LogP contribution in [0.2, 0.25) is 5.02 Å². The molecule has 0 aliphatic heterocycles. The van der Waals surface area contributed by atoms with Gasteiger partial charge in [-0.25, -0.2) is 4.39 Å². The molecule has 0 radical (unpaired) electrons. The van der Waals surface area contributed by atoms with E-state index in [0.717, 1.165) is 17.1 Å². The predicted octanol–water partition coefficient (Wildman–Crippen LogP) is 4.70. The number of thiophene rings is 1. The van der Waals surface area contributed by atoms with Crippen LogP contribution in [-0.2, 0) is 6.54 Å². The number of aryl methyl sites for hydroxylation is 1. The summed E-state index contributed by atoms with van der Waals surface area (Å²) in [6.45, 7) is 4.54. The Morgan fingerprint density at radius 2 is 2.17 bits per heavy atom. The first-order chi connectivity index (χ1) is 8.56. The van der Waals surface area contributed by atoms with Gasteiger partial charge in [-0.15, -0.1) is 11.3 Å². The Balaban J connectivity index is 1.99. The highest BCUT2D eigenvalue weighted by Gasteiger charge is 2.08. The molecule has 18 heavy (non-hydrogen) atoms. The van der Waals surface area contributed by atoms with Crippen molar-refractivity contribution in [1.29, 1.82) is 0 Å². The first kappa shape index (κ1) is 13.5. The molecule has 0 saturated carbocycles. The molecule has 2 aromatic rings. The Bertz CT molecular complexity index is 538. The molecule has 0 amide bonds. The number of hydrogen-bond acceptors (Lipinski definition) is 2. The molecular formula is C14H15ClFNS. The van der Waals surface area contributed by atoms with E-state index < -0.39 is 0 Å². The van der Waals surface area contributed by atoms with Gasteiger partial charge in [0.25, 0.3) is 0 Å². The standard InChI is InChI=1S/C14H15ClFNS/c1-9-3-4-11(5-14(9)16)10(2)17-7-13-6-12(15)8-18-13/h3-6,8,10,17H,7H2,1-2H3. The van der Waals surface area contributed by atoms with Crippen molar-refractivity contribution < 1.29 is 4.39 Å². The van der Waals surface area contributed by atoms with Crippen molar-refractivity contribution in [3.05, 3.63) is 56.5 Å². The minimum absolute atomic E-state index is 0.112. The predicted molar refractivity (Wildman–Crippen MR) is 75.7 cm³/mol. The largest absolute Gasteiger partial charge is 0.305 e. The van der Waals surface area contributed by atoms with Gasteiger partial charge in [-0.2, -0.15) is 0 Å². The van der Waals surface area contributed by atoms with E-state index in [9.17, 15) is 4.39 Å². The molecule has 1 atom stereocenters. The molecule has 0 spiro atoms. The molecule has 0 fully saturated rings. The Labute approximate surface area is 116 Å². The van der Waals surface area contributed by atoms with E-state index in [1.54, 1.807) is 24.3 Å². The lowest BCUT2D eigenvalue weighted by Crippen LogP contribution is -2.17. The maximum absolute atomic E-state index is 13.5. The molecule has 1 heterocycles.